The number of hydrogen-bond acceptors (Lipinski definition) is 3. The van der Waals surface area contributed by atoms with Gasteiger partial charge in [-0.25, -0.2) is 0 Å². The van der Waals surface area contributed by atoms with Crippen molar-refractivity contribution in [2.24, 2.45) is 5.92 Å². The summed E-state index contributed by atoms with van der Waals surface area (Å²) in [6.07, 6.45) is 0.615. The summed E-state index contributed by atoms with van der Waals surface area (Å²) in [5, 5.41) is 3.70. The van der Waals surface area contributed by atoms with Crippen LogP contribution >= 0.6 is 11.8 Å². The minimum Gasteiger partial charge on any atom is -0.349 e. The highest BCUT2D eigenvalue weighted by Crippen LogP contribution is 2.20. The first kappa shape index (κ1) is 10.9. The third kappa shape index (κ3) is 3.56. The van der Waals surface area contributed by atoms with Crippen LogP contribution in [-0.2, 0) is 4.79 Å². The Bertz CT molecular complexity index is 176. The molecule has 0 saturated carbocycles. The molecule has 1 amide bonds. The van der Waals surface area contributed by atoms with Crippen LogP contribution in [0.2, 0.25) is 0 Å². The van der Waals surface area contributed by atoms with Crippen LogP contribution in [-0.4, -0.2) is 42.6 Å². The highest BCUT2D eigenvalue weighted by molar-refractivity contribution is 7.99. The molecule has 13 heavy (non-hydrogen) atoms. The zero-order chi connectivity index (χ0) is 9.84. The van der Waals surface area contributed by atoms with Crippen molar-refractivity contribution in [2.45, 2.75) is 18.7 Å². The molecule has 4 heteroatoms. The maximum atomic E-state index is 11.4. The van der Waals surface area contributed by atoms with Crippen molar-refractivity contribution in [3.63, 3.8) is 0 Å². The van der Waals surface area contributed by atoms with Gasteiger partial charge in [-0.1, -0.05) is 6.92 Å². The van der Waals surface area contributed by atoms with Crippen molar-refractivity contribution in [1.29, 1.82) is 0 Å². The van der Waals surface area contributed by atoms with Gasteiger partial charge >= 0.3 is 0 Å². The minimum atomic E-state index is 0.208. The van der Waals surface area contributed by atoms with E-state index in [2.05, 4.69) is 12.2 Å². The highest BCUT2D eigenvalue weighted by atomic mass is 32.2. The van der Waals surface area contributed by atoms with E-state index in [4.69, 9.17) is 0 Å². The van der Waals surface area contributed by atoms with E-state index in [-0.39, 0.29) is 5.91 Å². The first-order valence-corrected chi connectivity index (χ1v) is 5.69. The number of carbonyl (C=O) groups is 1. The van der Waals surface area contributed by atoms with Gasteiger partial charge in [0.15, 0.2) is 0 Å². The number of nitrogens with zero attached hydrogens (tertiary/aromatic N) is 1. The van der Waals surface area contributed by atoms with Gasteiger partial charge in [0.05, 0.1) is 11.8 Å². The molecule has 0 radical (unpaired) electrons. The number of nitrogens with one attached hydrogen (secondary N) is 1. The highest BCUT2D eigenvalue weighted by Gasteiger charge is 2.20. The molecule has 1 rings (SSSR count). The fourth-order valence-electron chi connectivity index (χ4n) is 1.20. The summed E-state index contributed by atoms with van der Waals surface area (Å²) in [6.45, 7) is 3.27. The van der Waals surface area contributed by atoms with Crippen LogP contribution in [0.5, 0.6) is 0 Å². The zero-order valence-electron chi connectivity index (χ0n) is 8.54. The first-order valence-electron chi connectivity index (χ1n) is 4.64. The van der Waals surface area contributed by atoms with Gasteiger partial charge in [-0.3, -0.25) is 4.79 Å². The van der Waals surface area contributed by atoms with Crippen molar-refractivity contribution in [3.8, 4) is 0 Å². The monoisotopic (exact) mass is 202 g/mol. The van der Waals surface area contributed by atoms with Crippen molar-refractivity contribution >= 4 is 17.7 Å². The second-order valence-electron chi connectivity index (χ2n) is 3.83. The zero-order valence-corrected chi connectivity index (χ0v) is 9.36. The Morgan fingerprint density at radius 1 is 1.62 bits per heavy atom. The molecular formula is C9H18N2OS. The normalized spacial score (nSPS) is 28.5. The molecule has 1 aliphatic rings. The second kappa shape index (κ2) is 4.86. The standard InChI is InChI=1S/C9H18N2OS/c1-7-5-10-8(13-6-7)4-9(12)11(2)3/h7-8,10H,4-6H2,1-3H3. The predicted octanol–water partition coefficient (Wildman–Crippen LogP) is 0.763. The quantitative estimate of drug-likeness (QED) is 0.717. The Hall–Kier alpha value is -0.220. The number of amides is 1. The van der Waals surface area contributed by atoms with Crippen LogP contribution in [0.15, 0.2) is 0 Å². The molecule has 1 saturated heterocycles. The lowest BCUT2D eigenvalue weighted by atomic mass is 10.2. The van der Waals surface area contributed by atoms with Crippen LogP contribution in [0.1, 0.15) is 13.3 Å². The fourth-order valence-corrected chi connectivity index (χ4v) is 2.36. The molecule has 0 aromatic carbocycles. The van der Waals surface area contributed by atoms with Gasteiger partial charge in [-0.05, 0) is 18.2 Å². The van der Waals surface area contributed by atoms with Gasteiger partial charge in [0, 0.05) is 14.1 Å². The Morgan fingerprint density at radius 2 is 2.31 bits per heavy atom. The molecule has 2 atom stereocenters. The predicted molar refractivity (Wildman–Crippen MR) is 56.7 cm³/mol. The molecule has 1 fully saturated rings. The van der Waals surface area contributed by atoms with E-state index in [1.165, 1.54) is 5.75 Å². The maximum Gasteiger partial charge on any atom is 0.224 e. The topological polar surface area (TPSA) is 32.3 Å². The average molecular weight is 202 g/mol. The summed E-state index contributed by atoms with van der Waals surface area (Å²) in [6, 6.07) is 0. The van der Waals surface area contributed by atoms with E-state index < -0.39 is 0 Å². The number of rotatable bonds is 2. The summed E-state index contributed by atoms with van der Waals surface area (Å²) in [7, 11) is 3.61. The first-order chi connectivity index (χ1) is 6.09. The van der Waals surface area contributed by atoms with Crippen LogP contribution in [0, 0.1) is 5.92 Å². The lowest BCUT2D eigenvalue weighted by molar-refractivity contribution is -0.128. The molecule has 2 unspecified atom stereocenters. The van der Waals surface area contributed by atoms with Gasteiger partial charge in [0.25, 0.3) is 0 Å². The third-order valence-corrected chi connectivity index (χ3v) is 3.63. The summed E-state index contributed by atoms with van der Waals surface area (Å²) in [5.41, 5.74) is 0. The van der Waals surface area contributed by atoms with Gasteiger partial charge in [0.1, 0.15) is 0 Å². The van der Waals surface area contributed by atoms with Crippen molar-refractivity contribution < 1.29 is 4.79 Å². The van der Waals surface area contributed by atoms with E-state index in [9.17, 15) is 4.79 Å². The molecule has 76 valence electrons. The van der Waals surface area contributed by atoms with E-state index in [1.807, 2.05) is 11.8 Å². The van der Waals surface area contributed by atoms with Crippen molar-refractivity contribution in [3.05, 3.63) is 0 Å². The minimum absolute atomic E-state index is 0.208. The molecule has 1 heterocycles. The number of carbonyl (C=O) groups excluding carboxylic acids is 1. The van der Waals surface area contributed by atoms with Gasteiger partial charge in [0.2, 0.25) is 5.91 Å². The number of hydrogen-bond donors (Lipinski definition) is 1. The molecule has 1 aliphatic heterocycles. The Labute approximate surface area is 84.2 Å². The van der Waals surface area contributed by atoms with Gasteiger partial charge in [-0.2, -0.15) is 0 Å². The SMILES string of the molecule is CC1CNC(CC(=O)N(C)C)SC1. The summed E-state index contributed by atoms with van der Waals surface area (Å²) >= 11 is 1.86. The summed E-state index contributed by atoms with van der Waals surface area (Å²) < 4.78 is 0. The molecular weight excluding hydrogens is 184 g/mol. The smallest absolute Gasteiger partial charge is 0.224 e. The lowest BCUT2D eigenvalue weighted by Crippen LogP contribution is -2.39. The molecule has 0 aromatic rings. The van der Waals surface area contributed by atoms with E-state index in [0.29, 0.717) is 11.8 Å². The summed E-state index contributed by atoms with van der Waals surface area (Å²) in [5.74, 6) is 2.11. The van der Waals surface area contributed by atoms with E-state index >= 15 is 0 Å². The van der Waals surface area contributed by atoms with Crippen molar-refractivity contribution in [2.75, 3.05) is 26.4 Å². The van der Waals surface area contributed by atoms with Crippen LogP contribution in [0.4, 0.5) is 0 Å². The molecule has 0 spiro atoms. The van der Waals surface area contributed by atoms with Gasteiger partial charge < -0.3 is 10.2 Å². The number of thioether (sulfide) groups is 1. The van der Waals surface area contributed by atoms with Gasteiger partial charge in [-0.15, -0.1) is 11.8 Å². The fraction of sp³-hybridized carbons (Fsp3) is 0.889. The van der Waals surface area contributed by atoms with Crippen LogP contribution in [0.3, 0.4) is 0 Å². The Balaban J connectivity index is 2.26. The summed E-state index contributed by atoms with van der Waals surface area (Å²) in [4.78, 5) is 13.0. The average Bonchev–Trinajstić information content (AvgIpc) is 2.08. The van der Waals surface area contributed by atoms with E-state index in [1.54, 1.807) is 19.0 Å². The second-order valence-corrected chi connectivity index (χ2v) is 5.06. The van der Waals surface area contributed by atoms with Crippen LogP contribution < -0.4 is 5.32 Å². The molecule has 3 nitrogen and oxygen atoms in total. The maximum absolute atomic E-state index is 11.4. The molecule has 0 aliphatic carbocycles. The van der Waals surface area contributed by atoms with Crippen LogP contribution in [0.25, 0.3) is 0 Å². The molecule has 0 aromatic heterocycles. The lowest BCUT2D eigenvalue weighted by Gasteiger charge is -2.27. The largest absolute Gasteiger partial charge is 0.349 e. The molecule has 0 bridgehead atoms. The third-order valence-electron chi connectivity index (χ3n) is 2.13. The molecule has 1 N–H and O–H groups in total. The van der Waals surface area contributed by atoms with Crippen molar-refractivity contribution in [1.82, 2.24) is 10.2 Å². The Kier molecular flexibility index (Phi) is 4.06. The van der Waals surface area contributed by atoms with E-state index in [0.717, 1.165) is 12.5 Å². The Morgan fingerprint density at radius 3 is 2.77 bits per heavy atom.